The molecule has 0 aromatic heterocycles. The van der Waals surface area contributed by atoms with E-state index in [1.54, 1.807) is 0 Å². The molecule has 0 heterocycles. The molecule has 1 rings (SSSR count). The molecule has 0 aliphatic heterocycles. The highest BCUT2D eigenvalue weighted by Gasteiger charge is 2.27. The standard InChI is InChI=1S/C7H10FNO2.ClH/c8-3-5-1-4(7(10)11)2-6(5)9;/h2,5-6H,1,3,9H2,(H,10,11);1H/t5-,6-;/m0./s1. The quantitative estimate of drug-likeness (QED) is 0.683. The minimum absolute atomic E-state index is 0. The number of aliphatic carboxylic acids is 1. The van der Waals surface area contributed by atoms with Gasteiger partial charge in [0, 0.05) is 17.5 Å². The molecular weight excluding hydrogens is 185 g/mol. The predicted octanol–water partition coefficient (Wildman–Crippen LogP) is 0.736. The van der Waals surface area contributed by atoms with Crippen LogP contribution in [0.15, 0.2) is 11.6 Å². The third kappa shape index (κ3) is 2.19. The van der Waals surface area contributed by atoms with E-state index in [0.29, 0.717) is 0 Å². The van der Waals surface area contributed by atoms with Gasteiger partial charge in [-0.05, 0) is 6.42 Å². The topological polar surface area (TPSA) is 63.3 Å². The van der Waals surface area contributed by atoms with Crippen LogP contribution >= 0.6 is 12.4 Å². The minimum Gasteiger partial charge on any atom is -0.478 e. The van der Waals surface area contributed by atoms with Gasteiger partial charge in [0.25, 0.3) is 0 Å². The summed E-state index contributed by atoms with van der Waals surface area (Å²) in [6, 6.07) is -0.425. The van der Waals surface area contributed by atoms with Crippen LogP contribution in [0.1, 0.15) is 6.42 Å². The fourth-order valence-electron chi connectivity index (χ4n) is 1.17. The van der Waals surface area contributed by atoms with Crippen molar-refractivity contribution in [3.63, 3.8) is 0 Å². The summed E-state index contributed by atoms with van der Waals surface area (Å²) >= 11 is 0. The molecule has 3 nitrogen and oxygen atoms in total. The van der Waals surface area contributed by atoms with E-state index in [0.717, 1.165) is 0 Å². The van der Waals surface area contributed by atoms with Crippen LogP contribution in [0.4, 0.5) is 4.39 Å². The lowest BCUT2D eigenvalue weighted by Gasteiger charge is -2.08. The van der Waals surface area contributed by atoms with Gasteiger partial charge >= 0.3 is 5.97 Å². The lowest BCUT2D eigenvalue weighted by Crippen LogP contribution is -2.25. The summed E-state index contributed by atoms with van der Waals surface area (Å²) in [5.74, 6) is -1.32. The fourth-order valence-corrected chi connectivity index (χ4v) is 1.17. The Morgan fingerprint density at radius 1 is 1.83 bits per heavy atom. The van der Waals surface area contributed by atoms with Gasteiger partial charge in [-0.3, -0.25) is 4.39 Å². The monoisotopic (exact) mass is 195 g/mol. The average molecular weight is 196 g/mol. The van der Waals surface area contributed by atoms with Gasteiger partial charge in [0.1, 0.15) is 0 Å². The van der Waals surface area contributed by atoms with Crippen molar-refractivity contribution in [1.29, 1.82) is 0 Å². The summed E-state index contributed by atoms with van der Waals surface area (Å²) in [5.41, 5.74) is 5.67. The lowest BCUT2D eigenvalue weighted by molar-refractivity contribution is -0.132. The second kappa shape index (κ2) is 4.42. The number of halogens is 2. The molecule has 1 aliphatic carbocycles. The van der Waals surface area contributed by atoms with E-state index in [9.17, 15) is 9.18 Å². The van der Waals surface area contributed by atoms with Crippen LogP contribution in [0.3, 0.4) is 0 Å². The maximum atomic E-state index is 12.1. The summed E-state index contributed by atoms with van der Waals surface area (Å²) in [5, 5.41) is 8.50. The molecule has 12 heavy (non-hydrogen) atoms. The molecule has 0 spiro atoms. The van der Waals surface area contributed by atoms with Crippen molar-refractivity contribution >= 4 is 18.4 Å². The van der Waals surface area contributed by atoms with Gasteiger partial charge < -0.3 is 10.8 Å². The Morgan fingerprint density at radius 2 is 2.42 bits per heavy atom. The van der Waals surface area contributed by atoms with Crippen LogP contribution in [0.2, 0.25) is 0 Å². The molecule has 5 heteroatoms. The van der Waals surface area contributed by atoms with Crippen molar-refractivity contribution in [3.05, 3.63) is 11.6 Å². The van der Waals surface area contributed by atoms with Crippen molar-refractivity contribution < 1.29 is 14.3 Å². The Labute approximate surface area is 75.8 Å². The van der Waals surface area contributed by atoms with Crippen molar-refractivity contribution in [2.75, 3.05) is 6.67 Å². The number of hydrogen-bond acceptors (Lipinski definition) is 2. The minimum atomic E-state index is -0.989. The second-order valence-corrected chi connectivity index (χ2v) is 2.69. The molecule has 70 valence electrons. The molecule has 0 saturated heterocycles. The number of hydrogen-bond donors (Lipinski definition) is 2. The van der Waals surface area contributed by atoms with Crippen molar-refractivity contribution in [1.82, 2.24) is 0 Å². The maximum Gasteiger partial charge on any atom is 0.331 e. The molecule has 0 bridgehead atoms. The van der Waals surface area contributed by atoms with E-state index in [2.05, 4.69) is 0 Å². The first kappa shape index (κ1) is 11.4. The largest absolute Gasteiger partial charge is 0.478 e. The second-order valence-electron chi connectivity index (χ2n) is 2.69. The smallest absolute Gasteiger partial charge is 0.331 e. The fraction of sp³-hybridized carbons (Fsp3) is 0.571. The van der Waals surface area contributed by atoms with Crippen molar-refractivity contribution in [2.24, 2.45) is 11.7 Å². The SMILES string of the molecule is Cl.N[C@H]1C=C(C(=O)O)C[C@H]1CF. The number of carboxylic acids is 1. The zero-order valence-corrected chi connectivity index (χ0v) is 7.18. The number of carbonyl (C=O) groups is 1. The van der Waals surface area contributed by atoms with E-state index < -0.39 is 18.7 Å². The van der Waals surface area contributed by atoms with Crippen LogP contribution < -0.4 is 5.73 Å². The first-order chi connectivity index (χ1) is 5.15. The number of alkyl halides is 1. The highest BCUT2D eigenvalue weighted by atomic mass is 35.5. The molecule has 0 amide bonds. The Bertz CT molecular complexity index is 208. The van der Waals surface area contributed by atoms with Gasteiger partial charge in [0.05, 0.1) is 6.67 Å². The first-order valence-corrected chi connectivity index (χ1v) is 3.40. The van der Waals surface area contributed by atoms with E-state index >= 15 is 0 Å². The van der Waals surface area contributed by atoms with E-state index in [-0.39, 0.29) is 30.3 Å². The van der Waals surface area contributed by atoms with Crippen LogP contribution in [0.25, 0.3) is 0 Å². The molecule has 0 saturated carbocycles. The molecule has 0 aromatic carbocycles. The van der Waals surface area contributed by atoms with Gasteiger partial charge in [-0.25, -0.2) is 4.79 Å². The van der Waals surface area contributed by atoms with E-state index in [1.807, 2.05) is 0 Å². The normalized spacial score (nSPS) is 27.7. The highest BCUT2D eigenvalue weighted by Crippen LogP contribution is 2.24. The van der Waals surface area contributed by atoms with Crippen LogP contribution in [0.5, 0.6) is 0 Å². The molecule has 0 radical (unpaired) electrons. The summed E-state index contributed by atoms with van der Waals surface area (Å²) in [6.45, 7) is -0.547. The van der Waals surface area contributed by atoms with Crippen LogP contribution in [-0.4, -0.2) is 23.8 Å². The first-order valence-electron chi connectivity index (χ1n) is 3.40. The van der Waals surface area contributed by atoms with Gasteiger partial charge in [-0.15, -0.1) is 12.4 Å². The Morgan fingerprint density at radius 3 is 2.67 bits per heavy atom. The molecule has 2 atom stereocenters. The van der Waals surface area contributed by atoms with Crippen molar-refractivity contribution in [2.45, 2.75) is 12.5 Å². The Kier molecular flexibility index (Phi) is 4.20. The average Bonchev–Trinajstić information content (AvgIpc) is 2.31. The summed E-state index contributed by atoms with van der Waals surface area (Å²) < 4.78 is 12.1. The lowest BCUT2D eigenvalue weighted by atomic mass is 10.0. The Hall–Kier alpha value is -0.610. The summed E-state index contributed by atoms with van der Waals surface area (Å²) in [6.07, 6.45) is 1.68. The molecule has 1 aliphatic rings. The summed E-state index contributed by atoms with van der Waals surface area (Å²) in [4.78, 5) is 10.4. The van der Waals surface area contributed by atoms with Gasteiger partial charge in [0.15, 0.2) is 0 Å². The molecule has 0 unspecified atom stereocenters. The zero-order chi connectivity index (χ0) is 8.43. The maximum absolute atomic E-state index is 12.1. The van der Waals surface area contributed by atoms with E-state index in [4.69, 9.17) is 10.8 Å². The van der Waals surface area contributed by atoms with Crippen molar-refractivity contribution in [3.8, 4) is 0 Å². The van der Waals surface area contributed by atoms with Crippen LogP contribution in [-0.2, 0) is 4.79 Å². The third-order valence-electron chi connectivity index (χ3n) is 1.89. The molecule has 3 N–H and O–H groups in total. The van der Waals surface area contributed by atoms with Gasteiger partial charge in [0.2, 0.25) is 0 Å². The van der Waals surface area contributed by atoms with E-state index in [1.165, 1.54) is 6.08 Å². The highest BCUT2D eigenvalue weighted by molar-refractivity contribution is 5.87. The Balaban J connectivity index is 0.00000121. The van der Waals surface area contributed by atoms with Gasteiger partial charge in [-0.1, -0.05) is 6.08 Å². The van der Waals surface area contributed by atoms with Gasteiger partial charge in [-0.2, -0.15) is 0 Å². The summed E-state index contributed by atoms with van der Waals surface area (Å²) in [7, 11) is 0. The predicted molar refractivity (Wildman–Crippen MR) is 45.0 cm³/mol. The number of carboxylic acid groups (broad SMARTS) is 1. The zero-order valence-electron chi connectivity index (χ0n) is 6.37. The number of rotatable bonds is 2. The molecule has 0 fully saturated rings. The number of nitrogens with two attached hydrogens (primary N) is 1. The van der Waals surface area contributed by atoms with Crippen LogP contribution in [0, 0.1) is 5.92 Å². The molecular formula is C7H11ClFNO2. The third-order valence-corrected chi connectivity index (χ3v) is 1.89. The molecule has 0 aromatic rings.